The van der Waals surface area contributed by atoms with Gasteiger partial charge in [-0.2, -0.15) is 0 Å². The van der Waals surface area contributed by atoms with Crippen LogP contribution in [0.1, 0.15) is 15.6 Å². The molecule has 0 aromatic carbocycles. The van der Waals surface area contributed by atoms with Gasteiger partial charge in [-0.1, -0.05) is 12.2 Å². The fourth-order valence-electron chi connectivity index (χ4n) is 1.21. The normalized spacial score (nSPS) is 10.2. The molecule has 0 unspecified atom stereocenters. The van der Waals surface area contributed by atoms with Gasteiger partial charge in [-0.15, -0.1) is 11.3 Å². The van der Waals surface area contributed by atoms with Crippen molar-refractivity contribution in [1.82, 2.24) is 15.0 Å². The molecule has 88 valence electrons. The molecule has 5 nitrogen and oxygen atoms in total. The number of nitrogens with zero attached hydrogens (tertiary/aromatic N) is 3. The third-order valence-electron chi connectivity index (χ3n) is 2.02. The minimum atomic E-state index is 0.252. The number of anilines is 1. The van der Waals surface area contributed by atoms with Crippen LogP contribution < -0.4 is 11.1 Å². The molecule has 7 heteroatoms. The van der Waals surface area contributed by atoms with E-state index in [0.717, 1.165) is 9.88 Å². The lowest BCUT2D eigenvalue weighted by Gasteiger charge is -2.03. The van der Waals surface area contributed by atoms with E-state index in [1.807, 2.05) is 13.1 Å². The summed E-state index contributed by atoms with van der Waals surface area (Å²) in [6.07, 6.45) is 5.02. The first-order valence-electron chi connectivity index (χ1n) is 4.92. The van der Waals surface area contributed by atoms with Crippen LogP contribution in [0, 0.1) is 6.92 Å². The molecule has 0 spiro atoms. The van der Waals surface area contributed by atoms with Gasteiger partial charge in [0.25, 0.3) is 0 Å². The number of aromatic nitrogens is 3. The van der Waals surface area contributed by atoms with Crippen LogP contribution in [-0.4, -0.2) is 19.9 Å². The van der Waals surface area contributed by atoms with Crippen molar-refractivity contribution in [2.75, 3.05) is 5.32 Å². The van der Waals surface area contributed by atoms with Crippen LogP contribution in [0.25, 0.3) is 0 Å². The Morgan fingerprint density at radius 3 is 2.71 bits per heavy atom. The second-order valence-corrected chi connectivity index (χ2v) is 5.11. The van der Waals surface area contributed by atoms with E-state index >= 15 is 0 Å². The average Bonchev–Trinajstić information content (AvgIpc) is 2.73. The zero-order chi connectivity index (χ0) is 12.3. The highest BCUT2D eigenvalue weighted by molar-refractivity contribution is 7.80. The fraction of sp³-hybridized carbons (Fsp3) is 0.200. The highest BCUT2D eigenvalue weighted by Crippen LogP contribution is 2.13. The van der Waals surface area contributed by atoms with Crippen molar-refractivity contribution in [1.29, 1.82) is 0 Å². The molecule has 0 aliphatic heterocycles. The Hall–Kier alpha value is -1.60. The fourth-order valence-corrected chi connectivity index (χ4v) is 2.05. The zero-order valence-electron chi connectivity index (χ0n) is 9.17. The average molecular weight is 265 g/mol. The zero-order valence-corrected chi connectivity index (χ0v) is 10.8. The van der Waals surface area contributed by atoms with Gasteiger partial charge in [-0.25, -0.2) is 15.0 Å². The molecule has 2 rings (SSSR count). The molecule has 2 heterocycles. The van der Waals surface area contributed by atoms with Gasteiger partial charge in [-0.3, -0.25) is 0 Å². The molecule has 2 aromatic rings. The van der Waals surface area contributed by atoms with Gasteiger partial charge in [0.15, 0.2) is 0 Å². The summed E-state index contributed by atoms with van der Waals surface area (Å²) in [5.41, 5.74) is 5.96. The van der Waals surface area contributed by atoms with Gasteiger partial charge >= 0.3 is 0 Å². The molecule has 0 saturated carbocycles. The standard InChI is InChI=1S/C10H11N5S2/c1-6-12-2-7(17-6)3-14-9-5-13-8(4-15-9)10(11)16/h2,4-5H,3H2,1H3,(H2,11,16)(H,14,15). The highest BCUT2D eigenvalue weighted by Gasteiger charge is 2.01. The second-order valence-electron chi connectivity index (χ2n) is 3.35. The second kappa shape index (κ2) is 5.15. The van der Waals surface area contributed by atoms with E-state index in [2.05, 4.69) is 20.3 Å². The molecule has 0 radical (unpaired) electrons. The molecular formula is C10H11N5S2. The Labute approximate surface area is 108 Å². The molecule has 0 fully saturated rings. The minimum Gasteiger partial charge on any atom is -0.388 e. The Kier molecular flexibility index (Phi) is 3.60. The number of nitrogens with one attached hydrogen (secondary N) is 1. The van der Waals surface area contributed by atoms with E-state index in [4.69, 9.17) is 18.0 Å². The molecule has 0 saturated heterocycles. The van der Waals surface area contributed by atoms with E-state index in [1.165, 1.54) is 0 Å². The highest BCUT2D eigenvalue weighted by atomic mass is 32.1. The Balaban J connectivity index is 1.97. The van der Waals surface area contributed by atoms with Crippen molar-refractivity contribution < 1.29 is 0 Å². The predicted octanol–water partition coefficient (Wildman–Crippen LogP) is 1.49. The van der Waals surface area contributed by atoms with E-state index < -0.39 is 0 Å². The van der Waals surface area contributed by atoms with Crippen molar-refractivity contribution in [3.63, 3.8) is 0 Å². The monoisotopic (exact) mass is 265 g/mol. The first kappa shape index (κ1) is 11.9. The van der Waals surface area contributed by atoms with Crippen LogP contribution in [-0.2, 0) is 6.54 Å². The maximum atomic E-state index is 5.43. The first-order chi connectivity index (χ1) is 8.15. The quantitative estimate of drug-likeness (QED) is 0.816. The number of thiazole rings is 1. The van der Waals surface area contributed by atoms with E-state index in [0.29, 0.717) is 18.1 Å². The summed E-state index contributed by atoms with van der Waals surface area (Å²) in [6, 6.07) is 0. The van der Waals surface area contributed by atoms with E-state index in [-0.39, 0.29) is 4.99 Å². The number of nitrogens with two attached hydrogens (primary N) is 1. The number of thiocarbonyl (C=S) groups is 1. The number of rotatable bonds is 4. The minimum absolute atomic E-state index is 0.252. The third kappa shape index (κ3) is 3.18. The number of aryl methyl sites for hydroxylation is 1. The summed E-state index contributed by atoms with van der Waals surface area (Å²) >= 11 is 6.45. The van der Waals surface area contributed by atoms with Crippen LogP contribution in [0.5, 0.6) is 0 Å². The SMILES string of the molecule is Cc1ncc(CNc2cnc(C(N)=S)cn2)s1. The maximum absolute atomic E-state index is 5.43. The lowest BCUT2D eigenvalue weighted by molar-refractivity contribution is 1.09. The van der Waals surface area contributed by atoms with Crippen LogP contribution in [0.15, 0.2) is 18.6 Å². The van der Waals surface area contributed by atoms with Crippen molar-refractivity contribution in [3.8, 4) is 0 Å². The number of hydrogen-bond acceptors (Lipinski definition) is 6. The maximum Gasteiger partial charge on any atom is 0.144 e. The van der Waals surface area contributed by atoms with Crippen LogP contribution in [0.2, 0.25) is 0 Å². The molecule has 0 aliphatic rings. The van der Waals surface area contributed by atoms with Gasteiger partial charge in [0, 0.05) is 11.1 Å². The van der Waals surface area contributed by atoms with Crippen LogP contribution in [0.4, 0.5) is 5.82 Å². The van der Waals surface area contributed by atoms with E-state index in [1.54, 1.807) is 23.7 Å². The lowest BCUT2D eigenvalue weighted by atomic mass is 10.4. The van der Waals surface area contributed by atoms with Crippen LogP contribution in [0.3, 0.4) is 0 Å². The Bertz CT molecular complexity index is 520. The number of hydrogen-bond donors (Lipinski definition) is 2. The summed E-state index contributed by atoms with van der Waals surface area (Å²) < 4.78 is 0. The van der Waals surface area contributed by atoms with Crippen LogP contribution >= 0.6 is 23.6 Å². The van der Waals surface area contributed by atoms with Gasteiger partial charge in [0.2, 0.25) is 0 Å². The Morgan fingerprint density at radius 1 is 1.35 bits per heavy atom. The van der Waals surface area contributed by atoms with Gasteiger partial charge in [0.05, 0.1) is 23.9 Å². The summed E-state index contributed by atoms with van der Waals surface area (Å²) in [5, 5.41) is 4.21. The molecule has 3 N–H and O–H groups in total. The molecule has 0 aliphatic carbocycles. The van der Waals surface area contributed by atoms with Crippen molar-refractivity contribution in [3.05, 3.63) is 34.2 Å². The predicted molar refractivity (Wildman–Crippen MR) is 72.1 cm³/mol. The summed E-state index contributed by atoms with van der Waals surface area (Å²) in [7, 11) is 0. The smallest absolute Gasteiger partial charge is 0.144 e. The molecule has 17 heavy (non-hydrogen) atoms. The van der Waals surface area contributed by atoms with Crippen molar-refractivity contribution >= 4 is 34.4 Å². The molecular weight excluding hydrogens is 254 g/mol. The van der Waals surface area contributed by atoms with Crippen molar-refractivity contribution in [2.45, 2.75) is 13.5 Å². The molecule has 2 aromatic heterocycles. The largest absolute Gasteiger partial charge is 0.388 e. The summed E-state index contributed by atoms with van der Waals surface area (Å²) in [6.45, 7) is 2.66. The third-order valence-corrected chi connectivity index (χ3v) is 3.14. The van der Waals surface area contributed by atoms with Gasteiger partial charge in [0.1, 0.15) is 16.5 Å². The topological polar surface area (TPSA) is 76.7 Å². The summed E-state index contributed by atoms with van der Waals surface area (Å²) in [4.78, 5) is 13.8. The molecule has 0 bridgehead atoms. The van der Waals surface area contributed by atoms with E-state index in [9.17, 15) is 0 Å². The molecule has 0 amide bonds. The Morgan fingerprint density at radius 2 is 2.18 bits per heavy atom. The first-order valence-corrected chi connectivity index (χ1v) is 6.14. The molecule has 0 atom stereocenters. The van der Waals surface area contributed by atoms with Gasteiger partial charge < -0.3 is 11.1 Å². The van der Waals surface area contributed by atoms with Gasteiger partial charge in [-0.05, 0) is 6.92 Å². The summed E-state index contributed by atoms with van der Waals surface area (Å²) in [5.74, 6) is 0.691. The lowest BCUT2D eigenvalue weighted by Crippen LogP contribution is -2.12. The van der Waals surface area contributed by atoms with Crippen molar-refractivity contribution in [2.24, 2.45) is 5.73 Å².